The van der Waals surface area contributed by atoms with Gasteiger partial charge in [-0.1, -0.05) is 91.0 Å². The number of hydrogen-bond donors (Lipinski definition) is 1. The van der Waals surface area contributed by atoms with Crippen molar-refractivity contribution in [3.8, 4) is 0 Å². The van der Waals surface area contributed by atoms with Gasteiger partial charge in [-0.25, -0.2) is 0 Å². The lowest BCUT2D eigenvalue weighted by molar-refractivity contribution is -0.148. The number of carbonyl (C=O) groups excluding carboxylic acids is 1. The van der Waals surface area contributed by atoms with Crippen molar-refractivity contribution in [2.45, 2.75) is 50.7 Å². The van der Waals surface area contributed by atoms with Crippen LogP contribution in [-0.4, -0.2) is 35.7 Å². The fourth-order valence-corrected chi connectivity index (χ4v) is 4.93. The van der Waals surface area contributed by atoms with Gasteiger partial charge in [0.2, 0.25) is 0 Å². The summed E-state index contributed by atoms with van der Waals surface area (Å²) >= 11 is 0. The standard InChI is InChI=1S/C32H33NO5/c1-32(37-22-26-15-9-4-10-16-26)30(28-18-17-27(19-34)33-28)38-29(23-35-20-24-11-5-2-6-12-24)31(32)36-21-25-13-7-3-8-14-25/h2-19,29-31,33H,20-23H2,1H3/t29?,30-,31-,32+/m1/s1. The van der Waals surface area contributed by atoms with E-state index in [9.17, 15) is 4.79 Å². The van der Waals surface area contributed by atoms with E-state index < -0.39 is 23.9 Å². The van der Waals surface area contributed by atoms with E-state index >= 15 is 0 Å². The fourth-order valence-electron chi connectivity index (χ4n) is 4.93. The normalized spacial score (nSPS) is 22.9. The fraction of sp³-hybridized carbons (Fsp3) is 0.281. The first-order valence-electron chi connectivity index (χ1n) is 12.9. The van der Waals surface area contributed by atoms with Crippen molar-refractivity contribution in [1.29, 1.82) is 0 Å². The molecule has 1 unspecified atom stereocenters. The Morgan fingerprint density at radius 3 is 1.95 bits per heavy atom. The van der Waals surface area contributed by atoms with E-state index in [-0.39, 0.29) is 0 Å². The molecule has 0 aliphatic carbocycles. The van der Waals surface area contributed by atoms with Gasteiger partial charge in [0.15, 0.2) is 6.29 Å². The van der Waals surface area contributed by atoms with Crippen LogP contribution in [0.25, 0.3) is 0 Å². The topological polar surface area (TPSA) is 69.8 Å². The van der Waals surface area contributed by atoms with Crippen molar-refractivity contribution in [3.05, 3.63) is 131 Å². The van der Waals surface area contributed by atoms with Gasteiger partial charge in [-0.3, -0.25) is 4.79 Å². The Kier molecular flexibility index (Phi) is 8.46. The zero-order chi connectivity index (χ0) is 26.2. The summed E-state index contributed by atoms with van der Waals surface area (Å²) in [5.74, 6) is 0. The summed E-state index contributed by atoms with van der Waals surface area (Å²) in [5.41, 5.74) is 3.59. The number of ether oxygens (including phenoxy) is 4. The number of benzene rings is 3. The molecule has 0 bridgehead atoms. The summed E-state index contributed by atoms with van der Waals surface area (Å²) in [5, 5.41) is 0. The monoisotopic (exact) mass is 511 g/mol. The Balaban J connectivity index is 1.41. The van der Waals surface area contributed by atoms with Gasteiger partial charge in [-0.2, -0.15) is 0 Å². The van der Waals surface area contributed by atoms with Gasteiger partial charge in [0.05, 0.1) is 32.1 Å². The highest BCUT2D eigenvalue weighted by atomic mass is 16.6. The Labute approximate surface area is 223 Å². The third-order valence-corrected chi connectivity index (χ3v) is 6.93. The summed E-state index contributed by atoms with van der Waals surface area (Å²) in [4.78, 5) is 14.6. The summed E-state index contributed by atoms with van der Waals surface area (Å²) < 4.78 is 26.0. The van der Waals surface area contributed by atoms with Crippen LogP contribution < -0.4 is 0 Å². The lowest BCUT2D eigenvalue weighted by atomic mass is 9.90. The predicted molar refractivity (Wildman–Crippen MR) is 145 cm³/mol. The van der Waals surface area contributed by atoms with E-state index in [0.717, 1.165) is 28.7 Å². The molecule has 0 spiro atoms. The zero-order valence-electron chi connectivity index (χ0n) is 21.5. The van der Waals surface area contributed by atoms with Crippen LogP contribution >= 0.6 is 0 Å². The minimum Gasteiger partial charge on any atom is -0.374 e. The van der Waals surface area contributed by atoms with Crippen molar-refractivity contribution in [2.24, 2.45) is 0 Å². The van der Waals surface area contributed by atoms with Crippen molar-refractivity contribution < 1.29 is 23.7 Å². The van der Waals surface area contributed by atoms with E-state index in [2.05, 4.69) is 4.98 Å². The van der Waals surface area contributed by atoms with Crippen molar-refractivity contribution in [2.75, 3.05) is 6.61 Å². The highest BCUT2D eigenvalue weighted by molar-refractivity contribution is 5.72. The molecule has 38 heavy (non-hydrogen) atoms. The third kappa shape index (κ3) is 6.11. The first kappa shape index (κ1) is 26.1. The van der Waals surface area contributed by atoms with Crippen LogP contribution in [-0.2, 0) is 38.8 Å². The number of carbonyl (C=O) groups is 1. The predicted octanol–water partition coefficient (Wildman–Crippen LogP) is 6.04. The Hall–Kier alpha value is -3.55. The average molecular weight is 512 g/mol. The number of H-pyrrole nitrogens is 1. The van der Waals surface area contributed by atoms with Gasteiger partial charge >= 0.3 is 0 Å². The van der Waals surface area contributed by atoms with Crippen LogP contribution in [0.15, 0.2) is 103 Å². The largest absolute Gasteiger partial charge is 0.374 e. The quantitative estimate of drug-likeness (QED) is 0.235. The molecule has 4 aromatic rings. The van der Waals surface area contributed by atoms with E-state index in [1.807, 2.05) is 104 Å². The number of aromatic nitrogens is 1. The lowest BCUT2D eigenvalue weighted by Gasteiger charge is -2.35. The molecule has 1 fully saturated rings. The average Bonchev–Trinajstić information content (AvgIpc) is 3.55. The molecule has 3 aromatic carbocycles. The molecule has 196 valence electrons. The molecule has 1 aromatic heterocycles. The SMILES string of the molecule is C[C@]1(OCc2ccccc2)[C@@H](c2ccc(C=O)[nH]2)OC(COCc2ccccc2)[C@H]1OCc1ccccc1. The van der Waals surface area contributed by atoms with E-state index in [0.29, 0.717) is 32.1 Å². The highest BCUT2D eigenvalue weighted by Crippen LogP contribution is 2.46. The minimum atomic E-state index is -0.865. The van der Waals surface area contributed by atoms with Gasteiger partial charge in [-0.15, -0.1) is 0 Å². The summed E-state index contributed by atoms with van der Waals surface area (Å²) in [6, 6.07) is 33.8. The minimum absolute atomic E-state index is 0.330. The van der Waals surface area contributed by atoms with Crippen molar-refractivity contribution in [3.63, 3.8) is 0 Å². The molecule has 1 N–H and O–H groups in total. The van der Waals surface area contributed by atoms with Crippen LogP contribution in [0.1, 0.15) is 45.9 Å². The maximum absolute atomic E-state index is 11.4. The molecule has 6 nitrogen and oxygen atoms in total. The second-order valence-electron chi connectivity index (χ2n) is 9.72. The molecule has 1 aliphatic heterocycles. The molecule has 0 saturated carbocycles. The van der Waals surface area contributed by atoms with Gasteiger partial charge in [0, 0.05) is 5.69 Å². The molecule has 4 atom stereocenters. The van der Waals surface area contributed by atoms with E-state index in [1.165, 1.54) is 0 Å². The number of hydrogen-bond acceptors (Lipinski definition) is 5. The Morgan fingerprint density at radius 1 is 0.789 bits per heavy atom. The molecular weight excluding hydrogens is 478 g/mol. The zero-order valence-corrected chi connectivity index (χ0v) is 21.5. The lowest BCUT2D eigenvalue weighted by Crippen LogP contribution is -2.47. The Morgan fingerprint density at radius 2 is 1.37 bits per heavy atom. The van der Waals surface area contributed by atoms with Crippen LogP contribution in [0.5, 0.6) is 0 Å². The Bertz CT molecular complexity index is 1280. The summed E-state index contributed by atoms with van der Waals surface area (Å²) in [7, 11) is 0. The van der Waals surface area contributed by atoms with Crippen LogP contribution in [0, 0.1) is 0 Å². The maximum Gasteiger partial charge on any atom is 0.166 e. The molecule has 6 heteroatoms. The molecule has 5 rings (SSSR count). The van der Waals surface area contributed by atoms with Crippen molar-refractivity contribution >= 4 is 6.29 Å². The molecule has 0 radical (unpaired) electrons. The van der Waals surface area contributed by atoms with Gasteiger partial charge < -0.3 is 23.9 Å². The highest BCUT2D eigenvalue weighted by Gasteiger charge is 2.56. The second kappa shape index (κ2) is 12.3. The van der Waals surface area contributed by atoms with Crippen molar-refractivity contribution in [1.82, 2.24) is 4.98 Å². The van der Waals surface area contributed by atoms with E-state index in [4.69, 9.17) is 18.9 Å². The summed E-state index contributed by atoms with van der Waals surface area (Å²) in [6.07, 6.45) is -0.526. The van der Waals surface area contributed by atoms with Crippen LogP contribution in [0.4, 0.5) is 0 Å². The second-order valence-corrected chi connectivity index (χ2v) is 9.72. The molecule has 2 heterocycles. The van der Waals surface area contributed by atoms with Crippen LogP contribution in [0.3, 0.4) is 0 Å². The molecular formula is C32H33NO5. The van der Waals surface area contributed by atoms with Crippen LogP contribution in [0.2, 0.25) is 0 Å². The molecule has 0 amide bonds. The van der Waals surface area contributed by atoms with Gasteiger partial charge in [0.25, 0.3) is 0 Å². The molecule has 1 saturated heterocycles. The van der Waals surface area contributed by atoms with Gasteiger partial charge in [-0.05, 0) is 35.7 Å². The van der Waals surface area contributed by atoms with E-state index in [1.54, 1.807) is 6.07 Å². The number of aldehydes is 1. The smallest absolute Gasteiger partial charge is 0.166 e. The summed E-state index contributed by atoms with van der Waals surface area (Å²) in [6.45, 7) is 3.62. The number of nitrogens with one attached hydrogen (secondary N) is 1. The molecule has 1 aliphatic rings. The van der Waals surface area contributed by atoms with Gasteiger partial charge in [0.1, 0.15) is 23.9 Å². The first-order chi connectivity index (χ1) is 18.7. The maximum atomic E-state index is 11.4. The third-order valence-electron chi connectivity index (χ3n) is 6.93. The number of aromatic amines is 1. The number of rotatable bonds is 12. The first-order valence-corrected chi connectivity index (χ1v) is 12.9.